The smallest absolute Gasteiger partial charge is 0.250 e. The number of benzene rings is 1. The molecule has 1 saturated heterocycles. The normalized spacial score (nSPS) is 20.1. The van der Waals surface area contributed by atoms with E-state index in [1.807, 2.05) is 18.2 Å². The molecule has 1 aromatic carbocycles. The number of amides is 1. The van der Waals surface area contributed by atoms with Crippen LogP contribution in [-0.2, 0) is 29.7 Å². The number of nitrogens with one attached hydrogen (secondary N) is 1. The molecule has 3 aromatic rings. The van der Waals surface area contributed by atoms with Gasteiger partial charge in [0, 0.05) is 75.8 Å². The van der Waals surface area contributed by atoms with Crippen molar-refractivity contribution in [3.05, 3.63) is 69.2 Å². The molecule has 1 amide bonds. The second kappa shape index (κ2) is 10.8. The summed E-state index contributed by atoms with van der Waals surface area (Å²) < 4.78 is 9.06. The van der Waals surface area contributed by atoms with Crippen LogP contribution in [0, 0.1) is 5.92 Å². The van der Waals surface area contributed by atoms with E-state index in [-0.39, 0.29) is 29.3 Å². The van der Waals surface area contributed by atoms with Gasteiger partial charge in [-0.1, -0.05) is 17.7 Å². The van der Waals surface area contributed by atoms with Gasteiger partial charge in [0.1, 0.15) is 0 Å². The molecule has 2 aliphatic rings. The van der Waals surface area contributed by atoms with Crippen molar-refractivity contribution >= 4 is 28.4 Å². The van der Waals surface area contributed by atoms with E-state index in [0.717, 1.165) is 60.8 Å². The molecule has 2 fully saturated rings. The van der Waals surface area contributed by atoms with E-state index in [1.54, 1.807) is 31.0 Å². The van der Waals surface area contributed by atoms with E-state index < -0.39 is 0 Å². The lowest BCUT2D eigenvalue weighted by Gasteiger charge is -2.35. The Morgan fingerprint density at radius 2 is 2.08 bits per heavy atom. The van der Waals surface area contributed by atoms with Gasteiger partial charge in [-0.3, -0.25) is 9.59 Å². The SMILES string of the molecule is COCCCn1cc(CN(C(=O)C2CNCCC2c2ccn(C)c(=O)c2)C2CC2)c2c(Cl)cccc21. The Morgan fingerprint density at radius 3 is 2.83 bits per heavy atom. The predicted octanol–water partition coefficient (Wildman–Crippen LogP) is 3.91. The number of hydrogen-bond donors (Lipinski definition) is 1. The highest BCUT2D eigenvalue weighted by atomic mass is 35.5. The average molecular weight is 511 g/mol. The molecular weight excluding hydrogens is 476 g/mol. The summed E-state index contributed by atoms with van der Waals surface area (Å²) in [5, 5.41) is 5.17. The molecule has 2 aromatic heterocycles. The molecule has 0 spiro atoms. The highest BCUT2D eigenvalue weighted by Gasteiger charge is 2.40. The van der Waals surface area contributed by atoms with Crippen molar-refractivity contribution in [2.75, 3.05) is 26.8 Å². The fourth-order valence-electron chi connectivity index (χ4n) is 5.56. The van der Waals surface area contributed by atoms with Crippen LogP contribution in [0.1, 0.15) is 42.7 Å². The number of pyridine rings is 1. The predicted molar refractivity (Wildman–Crippen MR) is 142 cm³/mol. The Kier molecular flexibility index (Phi) is 7.51. The number of halogens is 1. The minimum absolute atomic E-state index is 0.0350. The summed E-state index contributed by atoms with van der Waals surface area (Å²) in [6, 6.07) is 9.95. The van der Waals surface area contributed by atoms with Gasteiger partial charge in [-0.15, -0.1) is 0 Å². The first-order chi connectivity index (χ1) is 17.5. The van der Waals surface area contributed by atoms with Crippen molar-refractivity contribution in [1.82, 2.24) is 19.4 Å². The standard InChI is InChI=1S/C28H35ClN4O3/c1-31-13-10-19(15-26(31)34)22-9-11-30-16-23(22)28(35)33(21-7-8-21)18-20-17-32(12-4-14-36-2)25-6-3-5-24(29)27(20)25/h3,5-6,10,13,15,17,21-23,30H,4,7-9,11-12,14,16,18H2,1-2H3. The lowest BCUT2D eigenvalue weighted by atomic mass is 9.80. The van der Waals surface area contributed by atoms with Crippen LogP contribution >= 0.6 is 11.6 Å². The first-order valence-electron chi connectivity index (χ1n) is 12.9. The van der Waals surface area contributed by atoms with Gasteiger partial charge in [0.15, 0.2) is 0 Å². The number of nitrogens with zero attached hydrogens (tertiary/aromatic N) is 3. The summed E-state index contributed by atoms with van der Waals surface area (Å²) in [6.45, 7) is 3.54. The number of hydrogen-bond acceptors (Lipinski definition) is 4. The van der Waals surface area contributed by atoms with Crippen molar-refractivity contribution < 1.29 is 9.53 Å². The summed E-state index contributed by atoms with van der Waals surface area (Å²) >= 11 is 6.69. The third kappa shape index (κ3) is 5.10. The summed E-state index contributed by atoms with van der Waals surface area (Å²) in [6.07, 6.45) is 7.77. The van der Waals surface area contributed by atoms with Crippen LogP contribution in [0.2, 0.25) is 5.02 Å². The summed E-state index contributed by atoms with van der Waals surface area (Å²) in [5.41, 5.74) is 3.11. The second-order valence-electron chi connectivity index (χ2n) is 10.1. The maximum absolute atomic E-state index is 14.1. The Morgan fingerprint density at radius 1 is 1.25 bits per heavy atom. The molecule has 0 radical (unpaired) electrons. The molecule has 2 unspecified atom stereocenters. The van der Waals surface area contributed by atoms with Gasteiger partial charge in [-0.05, 0) is 67.5 Å². The minimum Gasteiger partial charge on any atom is -0.385 e. The third-order valence-corrected chi connectivity index (χ3v) is 7.96. The van der Waals surface area contributed by atoms with Crippen LogP contribution < -0.4 is 10.9 Å². The van der Waals surface area contributed by atoms with Gasteiger partial charge >= 0.3 is 0 Å². The number of carbonyl (C=O) groups excluding carboxylic acids is 1. The Balaban J connectivity index is 1.44. The third-order valence-electron chi connectivity index (χ3n) is 7.65. The fourth-order valence-corrected chi connectivity index (χ4v) is 5.85. The lowest BCUT2D eigenvalue weighted by molar-refractivity contribution is -0.138. The number of methoxy groups -OCH3 is 1. The Hall–Kier alpha value is -2.61. The molecule has 1 N–H and O–H groups in total. The topological polar surface area (TPSA) is 68.5 Å². The number of ether oxygens (including phenoxy) is 1. The summed E-state index contributed by atoms with van der Waals surface area (Å²) in [4.78, 5) is 28.5. The highest BCUT2D eigenvalue weighted by molar-refractivity contribution is 6.35. The van der Waals surface area contributed by atoms with E-state index in [2.05, 4.69) is 27.0 Å². The van der Waals surface area contributed by atoms with Gasteiger partial charge in [-0.25, -0.2) is 0 Å². The molecule has 5 rings (SSSR count). The molecule has 7 nitrogen and oxygen atoms in total. The van der Waals surface area contributed by atoms with Crippen LogP contribution in [0.25, 0.3) is 10.9 Å². The van der Waals surface area contributed by atoms with Gasteiger partial charge in [-0.2, -0.15) is 0 Å². The van der Waals surface area contributed by atoms with E-state index >= 15 is 0 Å². The number of rotatable bonds is 9. The largest absolute Gasteiger partial charge is 0.385 e. The highest BCUT2D eigenvalue weighted by Crippen LogP contribution is 2.37. The quantitative estimate of drug-likeness (QED) is 0.443. The molecule has 3 heterocycles. The molecule has 1 saturated carbocycles. The zero-order valence-electron chi connectivity index (χ0n) is 21.1. The number of piperidine rings is 1. The van der Waals surface area contributed by atoms with Crippen molar-refractivity contribution in [2.45, 2.75) is 50.7 Å². The second-order valence-corrected chi connectivity index (χ2v) is 10.5. The summed E-state index contributed by atoms with van der Waals surface area (Å²) in [7, 11) is 3.47. The molecule has 2 atom stereocenters. The van der Waals surface area contributed by atoms with Crippen LogP contribution in [0.4, 0.5) is 0 Å². The van der Waals surface area contributed by atoms with E-state index in [4.69, 9.17) is 16.3 Å². The Bertz CT molecular complexity index is 1300. The average Bonchev–Trinajstić information content (AvgIpc) is 3.66. The summed E-state index contributed by atoms with van der Waals surface area (Å²) in [5.74, 6) is 0.00701. The number of fused-ring (bicyclic) bond motifs is 1. The maximum Gasteiger partial charge on any atom is 0.250 e. The zero-order valence-corrected chi connectivity index (χ0v) is 21.8. The molecule has 0 bridgehead atoms. The van der Waals surface area contributed by atoms with Crippen LogP contribution in [0.5, 0.6) is 0 Å². The van der Waals surface area contributed by atoms with Crippen molar-refractivity contribution in [3.63, 3.8) is 0 Å². The van der Waals surface area contributed by atoms with Crippen LogP contribution in [0.3, 0.4) is 0 Å². The number of aryl methyl sites for hydroxylation is 2. The molecule has 36 heavy (non-hydrogen) atoms. The monoisotopic (exact) mass is 510 g/mol. The van der Waals surface area contributed by atoms with Crippen LogP contribution in [-0.4, -0.2) is 52.8 Å². The minimum atomic E-state index is -0.197. The van der Waals surface area contributed by atoms with Crippen LogP contribution in [0.15, 0.2) is 47.5 Å². The van der Waals surface area contributed by atoms with Gasteiger partial charge in [0.25, 0.3) is 5.56 Å². The fraction of sp³-hybridized carbons (Fsp3) is 0.500. The maximum atomic E-state index is 14.1. The van der Waals surface area contributed by atoms with Gasteiger partial charge in [0.05, 0.1) is 10.9 Å². The number of aromatic nitrogens is 2. The first-order valence-corrected chi connectivity index (χ1v) is 13.3. The Labute approximate surface area is 217 Å². The molecule has 192 valence electrons. The first kappa shape index (κ1) is 25.1. The van der Waals surface area contributed by atoms with E-state index in [0.29, 0.717) is 24.7 Å². The zero-order chi connectivity index (χ0) is 25.2. The van der Waals surface area contributed by atoms with Gasteiger partial charge < -0.3 is 24.1 Å². The van der Waals surface area contributed by atoms with Crippen molar-refractivity contribution in [1.29, 1.82) is 0 Å². The van der Waals surface area contributed by atoms with E-state index in [9.17, 15) is 9.59 Å². The van der Waals surface area contributed by atoms with Crippen molar-refractivity contribution in [3.8, 4) is 0 Å². The molecule has 1 aliphatic heterocycles. The molecule has 8 heteroatoms. The van der Waals surface area contributed by atoms with E-state index in [1.165, 1.54) is 0 Å². The van der Waals surface area contributed by atoms with Gasteiger partial charge in [0.2, 0.25) is 5.91 Å². The molecule has 1 aliphatic carbocycles. The van der Waals surface area contributed by atoms with Crippen molar-refractivity contribution in [2.24, 2.45) is 13.0 Å². The molecular formula is C28H35ClN4O3. The number of carbonyl (C=O) groups is 1. The lowest BCUT2D eigenvalue weighted by Crippen LogP contribution is -2.47.